The summed E-state index contributed by atoms with van der Waals surface area (Å²) in [5.41, 5.74) is 2.05. The predicted molar refractivity (Wildman–Crippen MR) is 108 cm³/mol. The van der Waals surface area contributed by atoms with Crippen LogP contribution in [0.2, 0.25) is 5.02 Å². The summed E-state index contributed by atoms with van der Waals surface area (Å²) < 4.78 is 25.3. The highest BCUT2D eigenvalue weighted by atomic mass is 35.5. The molecule has 0 fully saturated rings. The first-order valence-corrected chi connectivity index (χ1v) is 10.2. The smallest absolute Gasteiger partial charge is 0.245 e. The van der Waals surface area contributed by atoms with E-state index in [1.54, 1.807) is 43.3 Å². The Morgan fingerprint density at radius 2 is 1.70 bits per heavy atom. The fourth-order valence-electron chi connectivity index (χ4n) is 2.35. The predicted octanol–water partition coefficient (Wildman–Crippen LogP) is 3.01. The molecule has 7 nitrogen and oxygen atoms in total. The summed E-state index contributed by atoms with van der Waals surface area (Å²) in [7, 11) is -3.70. The third-order valence-corrected chi connectivity index (χ3v) is 5.15. The molecule has 0 aromatic heterocycles. The molecule has 0 spiro atoms. The Morgan fingerprint density at radius 3 is 2.26 bits per heavy atom. The van der Waals surface area contributed by atoms with Crippen LogP contribution in [0.1, 0.15) is 12.5 Å². The molecular weight excluding hydrogens is 390 g/mol. The minimum atomic E-state index is -3.70. The lowest BCUT2D eigenvalue weighted by Crippen LogP contribution is -2.37. The number of rotatable bonds is 6. The summed E-state index contributed by atoms with van der Waals surface area (Å²) in [6.07, 6.45) is 1.02. The number of hydrogen-bond donors (Lipinski definition) is 2. The fraction of sp³-hybridized carbons (Fsp3) is 0.222. The van der Waals surface area contributed by atoms with Gasteiger partial charge in [0.2, 0.25) is 21.8 Å². The van der Waals surface area contributed by atoms with Crippen molar-refractivity contribution in [3.05, 3.63) is 53.1 Å². The van der Waals surface area contributed by atoms with Crippen LogP contribution in [0.3, 0.4) is 0 Å². The molecule has 2 amide bonds. The highest BCUT2D eigenvalue weighted by molar-refractivity contribution is 7.92. The summed E-state index contributed by atoms with van der Waals surface area (Å²) >= 11 is 6.08. The number of halogens is 1. The zero-order valence-corrected chi connectivity index (χ0v) is 16.7. The maximum Gasteiger partial charge on any atom is 0.245 e. The highest BCUT2D eigenvalue weighted by Gasteiger charge is 2.21. The van der Waals surface area contributed by atoms with E-state index in [4.69, 9.17) is 11.6 Å². The van der Waals surface area contributed by atoms with Gasteiger partial charge in [-0.3, -0.25) is 13.9 Å². The molecule has 2 rings (SSSR count). The normalized spacial score (nSPS) is 11.0. The van der Waals surface area contributed by atoms with E-state index in [0.29, 0.717) is 22.1 Å². The number of aryl methyl sites for hydroxylation is 1. The van der Waals surface area contributed by atoms with E-state index in [0.717, 1.165) is 16.1 Å². The van der Waals surface area contributed by atoms with Gasteiger partial charge in [-0.15, -0.1) is 0 Å². The number of hydrogen-bond acceptors (Lipinski definition) is 4. The largest absolute Gasteiger partial charge is 0.326 e. The van der Waals surface area contributed by atoms with Gasteiger partial charge in [-0.25, -0.2) is 8.42 Å². The Morgan fingerprint density at radius 1 is 1.07 bits per heavy atom. The molecule has 0 unspecified atom stereocenters. The van der Waals surface area contributed by atoms with Gasteiger partial charge < -0.3 is 10.6 Å². The van der Waals surface area contributed by atoms with Crippen molar-refractivity contribution >= 4 is 50.5 Å². The lowest BCUT2D eigenvalue weighted by Gasteiger charge is -2.22. The van der Waals surface area contributed by atoms with Crippen LogP contribution >= 0.6 is 11.6 Å². The number of benzene rings is 2. The Balaban J connectivity index is 2.19. The first kappa shape index (κ1) is 20.7. The van der Waals surface area contributed by atoms with Gasteiger partial charge in [0, 0.05) is 23.3 Å². The van der Waals surface area contributed by atoms with Crippen molar-refractivity contribution in [3.8, 4) is 0 Å². The van der Waals surface area contributed by atoms with E-state index in [1.165, 1.54) is 13.0 Å². The van der Waals surface area contributed by atoms with Crippen molar-refractivity contribution in [3.63, 3.8) is 0 Å². The molecule has 0 bridgehead atoms. The third kappa shape index (κ3) is 5.97. The van der Waals surface area contributed by atoms with Crippen molar-refractivity contribution in [1.82, 2.24) is 0 Å². The van der Waals surface area contributed by atoms with Crippen molar-refractivity contribution in [2.45, 2.75) is 13.8 Å². The Hall–Kier alpha value is -2.58. The molecule has 2 aromatic carbocycles. The molecule has 0 heterocycles. The minimum Gasteiger partial charge on any atom is -0.326 e. The second-order valence-corrected chi connectivity index (χ2v) is 8.33. The quantitative estimate of drug-likeness (QED) is 0.766. The number of amides is 2. The average molecular weight is 410 g/mol. The van der Waals surface area contributed by atoms with Crippen LogP contribution in [-0.2, 0) is 19.6 Å². The molecule has 2 aromatic rings. The van der Waals surface area contributed by atoms with Gasteiger partial charge >= 0.3 is 0 Å². The molecule has 2 N–H and O–H groups in total. The summed E-state index contributed by atoms with van der Waals surface area (Å²) in [5, 5.41) is 5.64. The first-order chi connectivity index (χ1) is 12.6. The van der Waals surface area contributed by atoms with Gasteiger partial charge in [-0.05, 0) is 42.8 Å². The zero-order chi connectivity index (χ0) is 20.2. The monoisotopic (exact) mass is 409 g/mol. The highest BCUT2D eigenvalue weighted by Crippen LogP contribution is 2.25. The molecule has 9 heteroatoms. The number of nitrogens with zero attached hydrogens (tertiary/aromatic N) is 1. The van der Waals surface area contributed by atoms with Gasteiger partial charge in [-0.1, -0.05) is 23.7 Å². The van der Waals surface area contributed by atoms with E-state index in [-0.39, 0.29) is 5.91 Å². The lowest BCUT2D eigenvalue weighted by atomic mass is 10.2. The van der Waals surface area contributed by atoms with E-state index >= 15 is 0 Å². The van der Waals surface area contributed by atoms with Crippen LogP contribution in [0.15, 0.2) is 42.5 Å². The van der Waals surface area contributed by atoms with Crippen molar-refractivity contribution in [2.24, 2.45) is 0 Å². The van der Waals surface area contributed by atoms with Crippen LogP contribution in [0.25, 0.3) is 0 Å². The number of carbonyl (C=O) groups is 2. The second-order valence-electron chi connectivity index (χ2n) is 6.01. The summed E-state index contributed by atoms with van der Waals surface area (Å²) in [4.78, 5) is 23.5. The van der Waals surface area contributed by atoms with E-state index in [1.807, 2.05) is 0 Å². The van der Waals surface area contributed by atoms with Crippen LogP contribution in [-0.4, -0.2) is 33.0 Å². The molecular formula is C18H20ClN3O4S. The topological polar surface area (TPSA) is 95.6 Å². The number of nitrogens with one attached hydrogen (secondary N) is 2. The molecule has 27 heavy (non-hydrogen) atoms. The van der Waals surface area contributed by atoms with E-state index < -0.39 is 22.5 Å². The van der Waals surface area contributed by atoms with Crippen molar-refractivity contribution in [1.29, 1.82) is 0 Å². The van der Waals surface area contributed by atoms with Gasteiger partial charge in [-0.2, -0.15) is 0 Å². The Labute approximate surface area is 163 Å². The van der Waals surface area contributed by atoms with Crippen LogP contribution < -0.4 is 14.9 Å². The van der Waals surface area contributed by atoms with Crippen LogP contribution in [0, 0.1) is 6.92 Å². The zero-order valence-electron chi connectivity index (χ0n) is 15.1. The van der Waals surface area contributed by atoms with Crippen LogP contribution in [0.4, 0.5) is 17.1 Å². The summed E-state index contributed by atoms with van der Waals surface area (Å²) in [5.74, 6) is -0.768. The maximum absolute atomic E-state index is 12.4. The van der Waals surface area contributed by atoms with Crippen LogP contribution in [0.5, 0.6) is 0 Å². The molecule has 0 aliphatic heterocycles. The van der Waals surface area contributed by atoms with E-state index in [2.05, 4.69) is 10.6 Å². The number of carbonyl (C=O) groups excluding carboxylic acids is 2. The Bertz CT molecular complexity index is 976. The number of anilines is 3. The molecule has 0 radical (unpaired) electrons. The molecule has 0 aliphatic carbocycles. The van der Waals surface area contributed by atoms with Gasteiger partial charge in [0.25, 0.3) is 0 Å². The minimum absolute atomic E-state index is 0.238. The second kappa shape index (κ2) is 8.41. The lowest BCUT2D eigenvalue weighted by molar-refractivity contribution is -0.115. The molecule has 0 atom stereocenters. The molecule has 144 valence electrons. The SMILES string of the molecule is CC(=O)Nc1cccc(NC(=O)CN(c2ccc(C)c(Cl)c2)S(C)(=O)=O)c1. The van der Waals surface area contributed by atoms with Gasteiger partial charge in [0.1, 0.15) is 6.54 Å². The van der Waals surface area contributed by atoms with E-state index in [9.17, 15) is 18.0 Å². The molecule has 0 saturated carbocycles. The van der Waals surface area contributed by atoms with Crippen molar-refractivity contribution < 1.29 is 18.0 Å². The Kier molecular flexibility index (Phi) is 6.45. The van der Waals surface area contributed by atoms with Gasteiger partial charge in [0.05, 0.1) is 11.9 Å². The maximum atomic E-state index is 12.4. The number of sulfonamides is 1. The average Bonchev–Trinajstić information content (AvgIpc) is 2.54. The third-order valence-electron chi connectivity index (χ3n) is 3.60. The molecule has 0 saturated heterocycles. The van der Waals surface area contributed by atoms with Gasteiger partial charge in [0.15, 0.2) is 0 Å². The van der Waals surface area contributed by atoms with Crippen molar-refractivity contribution in [2.75, 3.05) is 27.7 Å². The molecule has 0 aliphatic rings. The standard InChI is InChI=1S/C18H20ClN3O4S/c1-12-7-8-16(10-17(12)19)22(27(3,25)26)11-18(24)21-15-6-4-5-14(9-15)20-13(2)23/h4-10H,11H2,1-3H3,(H,20,23)(H,21,24). The first-order valence-electron chi connectivity index (χ1n) is 7.97. The summed E-state index contributed by atoms with van der Waals surface area (Å²) in [6, 6.07) is 11.3. The summed E-state index contributed by atoms with van der Waals surface area (Å²) in [6.45, 7) is 2.76. The fourth-order valence-corrected chi connectivity index (χ4v) is 3.37.